The molecule has 0 saturated heterocycles. The van der Waals surface area contributed by atoms with Crippen molar-refractivity contribution in [2.24, 2.45) is 0 Å². The lowest BCUT2D eigenvalue weighted by molar-refractivity contribution is -0.136. The van der Waals surface area contributed by atoms with Crippen molar-refractivity contribution in [3.63, 3.8) is 0 Å². The number of para-hydroxylation sites is 1. The van der Waals surface area contributed by atoms with Crippen LogP contribution in [-0.2, 0) is 12.7 Å². The van der Waals surface area contributed by atoms with E-state index in [1.807, 2.05) is 26.0 Å². The van der Waals surface area contributed by atoms with Crippen LogP contribution in [0.1, 0.15) is 25.0 Å². The molecule has 0 aromatic heterocycles. The summed E-state index contributed by atoms with van der Waals surface area (Å²) in [6, 6.07) is 10.6. The Hall–Kier alpha value is -2.48. The minimum absolute atomic E-state index is 0.0933. The van der Waals surface area contributed by atoms with Gasteiger partial charge in [0.25, 0.3) is 0 Å². The summed E-state index contributed by atoms with van der Waals surface area (Å²) in [4.78, 5) is 0. The van der Waals surface area contributed by atoms with Gasteiger partial charge in [-0.15, -0.1) is 0 Å². The molecule has 146 valence electrons. The molecule has 0 fully saturated rings. The number of benzene rings is 2. The van der Waals surface area contributed by atoms with E-state index in [4.69, 9.17) is 21.7 Å². The van der Waals surface area contributed by atoms with E-state index < -0.39 is 11.7 Å². The number of halogens is 3. The third-order valence-corrected chi connectivity index (χ3v) is 3.79. The van der Waals surface area contributed by atoms with Crippen molar-refractivity contribution in [2.75, 3.05) is 18.5 Å². The molecular weight excluding hydrogens is 377 g/mol. The van der Waals surface area contributed by atoms with Crippen molar-refractivity contribution in [1.29, 1.82) is 0 Å². The average molecular weight is 398 g/mol. The molecular formula is C19H21F3N2O2S. The number of anilines is 1. The highest BCUT2D eigenvalue weighted by atomic mass is 32.1. The fourth-order valence-electron chi connectivity index (χ4n) is 2.39. The van der Waals surface area contributed by atoms with Crippen molar-refractivity contribution in [3.05, 3.63) is 53.6 Å². The fraction of sp³-hybridized carbons (Fsp3) is 0.316. The molecule has 2 aromatic rings. The van der Waals surface area contributed by atoms with Gasteiger partial charge in [0.05, 0.1) is 24.5 Å². The Balaban J connectivity index is 2.03. The number of alkyl halides is 3. The molecule has 0 aliphatic heterocycles. The van der Waals surface area contributed by atoms with Gasteiger partial charge in [0.2, 0.25) is 0 Å². The molecule has 0 atom stereocenters. The Labute approximate surface area is 161 Å². The maximum Gasteiger partial charge on any atom is 0.418 e. The molecule has 0 amide bonds. The summed E-state index contributed by atoms with van der Waals surface area (Å²) in [6.45, 7) is 5.09. The molecule has 0 aliphatic rings. The van der Waals surface area contributed by atoms with Crippen LogP contribution in [0.4, 0.5) is 18.9 Å². The van der Waals surface area contributed by atoms with Crippen LogP contribution < -0.4 is 20.1 Å². The van der Waals surface area contributed by atoms with E-state index >= 15 is 0 Å². The first-order chi connectivity index (χ1) is 12.8. The molecule has 0 radical (unpaired) electrons. The Morgan fingerprint density at radius 1 is 1.00 bits per heavy atom. The topological polar surface area (TPSA) is 42.5 Å². The van der Waals surface area contributed by atoms with Gasteiger partial charge in [-0.3, -0.25) is 0 Å². The van der Waals surface area contributed by atoms with Gasteiger partial charge in [0.1, 0.15) is 0 Å². The van der Waals surface area contributed by atoms with Crippen molar-refractivity contribution >= 4 is 23.0 Å². The Morgan fingerprint density at radius 2 is 1.67 bits per heavy atom. The summed E-state index contributed by atoms with van der Waals surface area (Å²) in [7, 11) is 0. The zero-order valence-corrected chi connectivity index (χ0v) is 15.8. The molecule has 2 aromatic carbocycles. The average Bonchev–Trinajstić information content (AvgIpc) is 2.62. The van der Waals surface area contributed by atoms with Crippen molar-refractivity contribution < 1.29 is 22.6 Å². The second kappa shape index (κ2) is 9.45. The first-order valence-corrected chi connectivity index (χ1v) is 8.85. The van der Waals surface area contributed by atoms with E-state index in [2.05, 4.69) is 10.6 Å². The molecule has 4 nitrogen and oxygen atoms in total. The van der Waals surface area contributed by atoms with Gasteiger partial charge >= 0.3 is 6.18 Å². The van der Waals surface area contributed by atoms with E-state index in [0.717, 1.165) is 11.6 Å². The lowest BCUT2D eigenvalue weighted by Crippen LogP contribution is -2.29. The molecule has 0 aliphatic carbocycles. The monoisotopic (exact) mass is 398 g/mol. The van der Waals surface area contributed by atoms with Crippen LogP contribution in [0.3, 0.4) is 0 Å². The number of rotatable bonds is 7. The summed E-state index contributed by atoms with van der Waals surface area (Å²) in [6.07, 6.45) is -4.46. The third-order valence-electron chi connectivity index (χ3n) is 3.54. The van der Waals surface area contributed by atoms with Crippen LogP contribution in [0.2, 0.25) is 0 Å². The van der Waals surface area contributed by atoms with Crippen LogP contribution in [0.5, 0.6) is 11.5 Å². The van der Waals surface area contributed by atoms with E-state index in [-0.39, 0.29) is 10.8 Å². The van der Waals surface area contributed by atoms with Crippen LogP contribution in [0.15, 0.2) is 42.5 Å². The zero-order valence-electron chi connectivity index (χ0n) is 15.0. The largest absolute Gasteiger partial charge is 0.490 e. The maximum absolute atomic E-state index is 13.0. The molecule has 27 heavy (non-hydrogen) atoms. The fourth-order valence-corrected chi connectivity index (χ4v) is 2.58. The summed E-state index contributed by atoms with van der Waals surface area (Å²) in [5.41, 5.74) is -0.00629. The second-order valence-electron chi connectivity index (χ2n) is 5.50. The summed E-state index contributed by atoms with van der Waals surface area (Å²) in [5.74, 6) is 1.25. The first kappa shape index (κ1) is 20.8. The van der Waals surface area contributed by atoms with Crippen LogP contribution in [0.25, 0.3) is 0 Å². The molecule has 0 spiro atoms. The van der Waals surface area contributed by atoms with Crippen LogP contribution in [-0.4, -0.2) is 18.3 Å². The molecule has 0 unspecified atom stereocenters. The van der Waals surface area contributed by atoms with Gasteiger partial charge in [-0.2, -0.15) is 13.2 Å². The Bertz CT molecular complexity index is 782. The molecule has 0 bridgehead atoms. The maximum atomic E-state index is 13.0. The lowest BCUT2D eigenvalue weighted by atomic mass is 10.1. The lowest BCUT2D eigenvalue weighted by Gasteiger charge is -2.16. The van der Waals surface area contributed by atoms with Crippen molar-refractivity contribution in [1.82, 2.24) is 5.32 Å². The quantitative estimate of drug-likeness (QED) is 0.644. The van der Waals surface area contributed by atoms with Crippen molar-refractivity contribution in [2.45, 2.75) is 26.6 Å². The standard InChI is InChI=1S/C19H21F3N2O2S/c1-3-25-16-10-9-13(11-17(16)26-4-2)12-23-18(27)24-15-8-6-5-7-14(15)19(20,21)22/h5-11H,3-4,12H2,1-2H3,(H2,23,24,27). The summed E-state index contributed by atoms with van der Waals surface area (Å²) in [5, 5.41) is 5.60. The second-order valence-corrected chi connectivity index (χ2v) is 5.91. The van der Waals surface area contributed by atoms with Crippen molar-refractivity contribution in [3.8, 4) is 11.5 Å². The number of hydrogen-bond acceptors (Lipinski definition) is 3. The molecule has 0 saturated carbocycles. The normalized spacial score (nSPS) is 11.0. The van der Waals surface area contributed by atoms with Crippen LogP contribution in [0, 0.1) is 0 Å². The number of ether oxygens (including phenoxy) is 2. The Morgan fingerprint density at radius 3 is 2.33 bits per heavy atom. The predicted octanol–water partition coefficient (Wildman–Crippen LogP) is 4.99. The highest BCUT2D eigenvalue weighted by Crippen LogP contribution is 2.34. The minimum atomic E-state index is -4.46. The van der Waals surface area contributed by atoms with E-state index in [1.54, 1.807) is 6.07 Å². The first-order valence-electron chi connectivity index (χ1n) is 8.44. The SMILES string of the molecule is CCOc1ccc(CNC(=S)Nc2ccccc2C(F)(F)F)cc1OCC. The molecule has 2 N–H and O–H groups in total. The van der Waals surface area contributed by atoms with Gasteiger partial charge in [-0.05, 0) is 55.9 Å². The van der Waals surface area contributed by atoms with E-state index in [1.165, 1.54) is 18.2 Å². The van der Waals surface area contributed by atoms with Crippen LogP contribution >= 0.6 is 12.2 Å². The Kier molecular flexibility index (Phi) is 7.29. The molecule has 2 rings (SSSR count). The zero-order chi connectivity index (χ0) is 19.9. The molecule has 0 heterocycles. The summed E-state index contributed by atoms with van der Waals surface area (Å²) < 4.78 is 50.2. The van der Waals surface area contributed by atoms with E-state index in [0.29, 0.717) is 31.3 Å². The van der Waals surface area contributed by atoms with Gasteiger partial charge in [0.15, 0.2) is 16.6 Å². The predicted molar refractivity (Wildman–Crippen MR) is 103 cm³/mol. The van der Waals surface area contributed by atoms with E-state index in [9.17, 15) is 13.2 Å². The molecule has 8 heteroatoms. The highest BCUT2D eigenvalue weighted by Gasteiger charge is 2.33. The number of nitrogens with one attached hydrogen (secondary N) is 2. The van der Waals surface area contributed by atoms with Gasteiger partial charge in [-0.1, -0.05) is 18.2 Å². The highest BCUT2D eigenvalue weighted by molar-refractivity contribution is 7.80. The summed E-state index contributed by atoms with van der Waals surface area (Å²) >= 11 is 5.12. The van der Waals surface area contributed by atoms with Gasteiger partial charge in [-0.25, -0.2) is 0 Å². The number of thiocarbonyl (C=S) groups is 1. The smallest absolute Gasteiger partial charge is 0.418 e. The van der Waals surface area contributed by atoms with Gasteiger partial charge < -0.3 is 20.1 Å². The van der Waals surface area contributed by atoms with Gasteiger partial charge in [0, 0.05) is 6.54 Å². The number of hydrogen-bond donors (Lipinski definition) is 2. The minimum Gasteiger partial charge on any atom is -0.490 e. The third kappa shape index (κ3) is 6.02.